The standard InChI is InChI=1S/C22H25F3N6/c1-14(15-6-4-3-5-7-15)28-21-27-13-10-17(29-21)18-19(22(23,24)25)30-20(31(18)2)16-8-11-26-12-9-16/h3-7,10,13-14,16,26H,8-9,11-12H2,1-2H3,(H,27,28,29). The van der Waals surface area contributed by atoms with Crippen molar-refractivity contribution in [1.29, 1.82) is 0 Å². The highest BCUT2D eigenvalue weighted by Gasteiger charge is 2.40. The lowest BCUT2D eigenvalue weighted by atomic mass is 9.97. The fourth-order valence-corrected chi connectivity index (χ4v) is 4.03. The number of hydrogen-bond donors (Lipinski definition) is 2. The zero-order chi connectivity index (χ0) is 22.0. The molecule has 1 unspecified atom stereocenters. The molecule has 1 saturated heterocycles. The van der Waals surface area contributed by atoms with E-state index in [1.54, 1.807) is 11.6 Å². The predicted molar refractivity (Wildman–Crippen MR) is 113 cm³/mol. The van der Waals surface area contributed by atoms with Gasteiger partial charge in [-0.3, -0.25) is 0 Å². The summed E-state index contributed by atoms with van der Waals surface area (Å²) in [5.41, 5.74) is 0.296. The van der Waals surface area contributed by atoms with E-state index in [4.69, 9.17) is 0 Å². The Morgan fingerprint density at radius 3 is 2.48 bits per heavy atom. The zero-order valence-corrected chi connectivity index (χ0v) is 17.4. The number of piperidine rings is 1. The van der Waals surface area contributed by atoms with Crippen molar-refractivity contribution in [3.05, 3.63) is 59.7 Å². The molecule has 9 heteroatoms. The van der Waals surface area contributed by atoms with Gasteiger partial charge in [-0.05, 0) is 44.5 Å². The Hall–Kier alpha value is -2.94. The van der Waals surface area contributed by atoms with Crippen molar-refractivity contribution in [2.75, 3.05) is 18.4 Å². The van der Waals surface area contributed by atoms with Crippen LogP contribution in [0.1, 0.15) is 48.8 Å². The van der Waals surface area contributed by atoms with Gasteiger partial charge in [-0.15, -0.1) is 0 Å². The third kappa shape index (κ3) is 4.56. The average molecular weight is 430 g/mol. The molecule has 1 aliphatic heterocycles. The highest BCUT2D eigenvalue weighted by molar-refractivity contribution is 5.61. The second-order valence-corrected chi connectivity index (χ2v) is 7.79. The van der Waals surface area contributed by atoms with Gasteiger partial charge in [-0.2, -0.15) is 13.2 Å². The molecule has 1 atom stereocenters. The van der Waals surface area contributed by atoms with E-state index in [9.17, 15) is 13.2 Å². The number of nitrogens with one attached hydrogen (secondary N) is 2. The molecule has 31 heavy (non-hydrogen) atoms. The van der Waals surface area contributed by atoms with E-state index >= 15 is 0 Å². The lowest BCUT2D eigenvalue weighted by molar-refractivity contribution is -0.140. The van der Waals surface area contributed by atoms with Gasteiger partial charge in [-0.25, -0.2) is 15.0 Å². The van der Waals surface area contributed by atoms with E-state index < -0.39 is 11.9 Å². The Balaban J connectivity index is 1.70. The topological polar surface area (TPSA) is 67.7 Å². The van der Waals surface area contributed by atoms with Gasteiger partial charge in [0.1, 0.15) is 5.82 Å². The van der Waals surface area contributed by atoms with Crippen LogP contribution in [-0.4, -0.2) is 32.6 Å². The van der Waals surface area contributed by atoms with Gasteiger partial charge in [0.15, 0.2) is 5.69 Å². The Morgan fingerprint density at radius 1 is 1.10 bits per heavy atom. The number of alkyl halides is 3. The van der Waals surface area contributed by atoms with Crippen LogP contribution in [0.15, 0.2) is 42.6 Å². The Bertz CT molecular complexity index is 1030. The van der Waals surface area contributed by atoms with Crippen LogP contribution in [0, 0.1) is 0 Å². The summed E-state index contributed by atoms with van der Waals surface area (Å²) in [6, 6.07) is 11.1. The Kier molecular flexibility index (Phi) is 5.95. The Morgan fingerprint density at radius 2 is 1.81 bits per heavy atom. The number of halogens is 3. The average Bonchev–Trinajstić information content (AvgIpc) is 3.13. The molecule has 1 aromatic carbocycles. The van der Waals surface area contributed by atoms with Crippen LogP contribution in [0.2, 0.25) is 0 Å². The van der Waals surface area contributed by atoms with E-state index in [0.717, 1.165) is 31.5 Å². The van der Waals surface area contributed by atoms with Crippen LogP contribution in [0.4, 0.5) is 19.1 Å². The van der Waals surface area contributed by atoms with Gasteiger partial charge >= 0.3 is 6.18 Å². The summed E-state index contributed by atoms with van der Waals surface area (Å²) < 4.78 is 43.2. The Labute approximate surface area is 178 Å². The maximum Gasteiger partial charge on any atom is 0.435 e. The molecular weight excluding hydrogens is 405 g/mol. The first kappa shape index (κ1) is 21.3. The van der Waals surface area contributed by atoms with E-state index in [1.807, 2.05) is 37.3 Å². The SMILES string of the molecule is CC(Nc1nccc(-c2c(C(F)(F)F)nc(C3CCNCC3)n2C)n1)c1ccccc1. The third-order valence-electron chi connectivity index (χ3n) is 5.65. The normalized spacial score (nSPS) is 16.3. The summed E-state index contributed by atoms with van der Waals surface area (Å²) in [6.07, 6.45) is -1.59. The smallest absolute Gasteiger partial charge is 0.348 e. The number of benzene rings is 1. The fraction of sp³-hybridized carbons (Fsp3) is 0.409. The van der Waals surface area contributed by atoms with Gasteiger partial charge in [0, 0.05) is 19.2 Å². The molecule has 2 N–H and O–H groups in total. The zero-order valence-electron chi connectivity index (χ0n) is 17.4. The summed E-state index contributed by atoms with van der Waals surface area (Å²) in [7, 11) is 1.64. The second kappa shape index (κ2) is 8.66. The first-order chi connectivity index (χ1) is 14.8. The molecule has 3 heterocycles. The number of hydrogen-bond acceptors (Lipinski definition) is 5. The van der Waals surface area contributed by atoms with E-state index in [2.05, 4.69) is 25.6 Å². The van der Waals surface area contributed by atoms with Crippen LogP contribution in [0.25, 0.3) is 11.4 Å². The van der Waals surface area contributed by atoms with Crippen molar-refractivity contribution in [3.63, 3.8) is 0 Å². The summed E-state index contributed by atoms with van der Waals surface area (Å²) in [5.74, 6) is 0.708. The monoisotopic (exact) mass is 430 g/mol. The number of nitrogens with zero attached hydrogens (tertiary/aromatic N) is 4. The van der Waals surface area contributed by atoms with Crippen LogP contribution in [0.3, 0.4) is 0 Å². The van der Waals surface area contributed by atoms with Crippen LogP contribution >= 0.6 is 0 Å². The molecular formula is C22H25F3N6. The lowest BCUT2D eigenvalue weighted by Gasteiger charge is -2.22. The largest absolute Gasteiger partial charge is 0.435 e. The van der Waals surface area contributed by atoms with Crippen molar-refractivity contribution in [2.45, 2.75) is 37.9 Å². The number of rotatable bonds is 5. The summed E-state index contributed by atoms with van der Waals surface area (Å²) in [6.45, 7) is 3.49. The molecule has 6 nitrogen and oxygen atoms in total. The number of aromatic nitrogens is 4. The molecule has 164 valence electrons. The first-order valence-electron chi connectivity index (χ1n) is 10.3. The van der Waals surface area contributed by atoms with Gasteiger partial charge < -0.3 is 15.2 Å². The molecule has 0 spiro atoms. The molecule has 2 aromatic heterocycles. The van der Waals surface area contributed by atoms with Crippen molar-refractivity contribution in [1.82, 2.24) is 24.8 Å². The van der Waals surface area contributed by atoms with Gasteiger partial charge in [-0.1, -0.05) is 30.3 Å². The summed E-state index contributed by atoms with van der Waals surface area (Å²) in [5, 5.41) is 6.41. The van der Waals surface area contributed by atoms with Crippen molar-refractivity contribution in [2.24, 2.45) is 7.05 Å². The quantitative estimate of drug-likeness (QED) is 0.622. The minimum Gasteiger partial charge on any atom is -0.348 e. The molecule has 0 aliphatic carbocycles. The molecule has 1 aliphatic rings. The predicted octanol–water partition coefficient (Wildman–Crippen LogP) is 4.54. The summed E-state index contributed by atoms with van der Waals surface area (Å²) >= 11 is 0. The molecule has 4 rings (SSSR count). The van der Waals surface area contributed by atoms with Crippen molar-refractivity contribution < 1.29 is 13.2 Å². The van der Waals surface area contributed by atoms with Crippen molar-refractivity contribution in [3.8, 4) is 11.4 Å². The van der Waals surface area contributed by atoms with Crippen molar-refractivity contribution >= 4 is 5.95 Å². The lowest BCUT2D eigenvalue weighted by Crippen LogP contribution is -2.28. The second-order valence-electron chi connectivity index (χ2n) is 7.79. The fourth-order valence-electron chi connectivity index (χ4n) is 4.03. The van der Waals surface area contributed by atoms with E-state index in [0.29, 0.717) is 5.82 Å². The molecule has 0 bridgehead atoms. The summed E-state index contributed by atoms with van der Waals surface area (Å²) in [4.78, 5) is 12.7. The number of imidazole rings is 1. The molecule has 3 aromatic rings. The minimum absolute atomic E-state index is 0.0152. The maximum absolute atomic E-state index is 13.9. The number of anilines is 1. The van der Waals surface area contributed by atoms with Crippen LogP contribution < -0.4 is 10.6 Å². The molecule has 0 amide bonds. The molecule has 0 saturated carbocycles. The van der Waals surface area contributed by atoms with Gasteiger partial charge in [0.25, 0.3) is 0 Å². The minimum atomic E-state index is -4.58. The molecule has 0 radical (unpaired) electrons. The highest BCUT2D eigenvalue weighted by Crippen LogP contribution is 2.39. The highest BCUT2D eigenvalue weighted by atomic mass is 19.4. The van der Waals surface area contributed by atoms with Crippen LogP contribution in [-0.2, 0) is 13.2 Å². The van der Waals surface area contributed by atoms with E-state index in [-0.39, 0.29) is 29.3 Å². The maximum atomic E-state index is 13.9. The third-order valence-corrected chi connectivity index (χ3v) is 5.65. The van der Waals surface area contributed by atoms with Gasteiger partial charge in [0.2, 0.25) is 5.95 Å². The first-order valence-corrected chi connectivity index (χ1v) is 10.3. The molecule has 1 fully saturated rings. The van der Waals surface area contributed by atoms with Gasteiger partial charge in [0.05, 0.1) is 17.4 Å². The van der Waals surface area contributed by atoms with E-state index in [1.165, 1.54) is 12.3 Å². The van der Waals surface area contributed by atoms with Crippen LogP contribution in [0.5, 0.6) is 0 Å².